The summed E-state index contributed by atoms with van der Waals surface area (Å²) in [6.45, 7) is 8.91. The predicted molar refractivity (Wildman–Crippen MR) is 101 cm³/mol. The van der Waals surface area contributed by atoms with Crippen LogP contribution in [0.15, 0.2) is 0 Å². The van der Waals surface area contributed by atoms with Crippen molar-refractivity contribution in [1.82, 2.24) is 0 Å². The summed E-state index contributed by atoms with van der Waals surface area (Å²) >= 11 is 4.40. The van der Waals surface area contributed by atoms with E-state index in [9.17, 15) is 0 Å². The topological polar surface area (TPSA) is 27.7 Å². The van der Waals surface area contributed by atoms with E-state index in [1.807, 2.05) is 0 Å². The van der Waals surface area contributed by atoms with Crippen molar-refractivity contribution in [1.29, 1.82) is 0 Å². The van der Waals surface area contributed by atoms with Crippen molar-refractivity contribution in [3.63, 3.8) is 0 Å². The summed E-state index contributed by atoms with van der Waals surface area (Å²) in [4.78, 5) is 0. The van der Waals surface area contributed by atoms with Crippen LogP contribution in [0.25, 0.3) is 0 Å². The molecule has 5 heteroatoms. The third kappa shape index (κ3) is 11.9. The minimum absolute atomic E-state index is 0.759. The van der Waals surface area contributed by atoms with E-state index in [4.69, 9.17) is 13.3 Å². The molecule has 0 saturated heterocycles. The van der Waals surface area contributed by atoms with Crippen LogP contribution in [0.5, 0.6) is 0 Å². The fourth-order valence-corrected chi connectivity index (χ4v) is 5.36. The second kappa shape index (κ2) is 16.3. The van der Waals surface area contributed by atoms with E-state index < -0.39 is 8.80 Å². The molecule has 0 radical (unpaired) electrons. The van der Waals surface area contributed by atoms with Crippen LogP contribution in [-0.2, 0) is 13.3 Å². The molecule has 0 unspecified atom stereocenters. The zero-order chi connectivity index (χ0) is 16.5. The number of hydrogen-bond acceptors (Lipinski definition) is 4. The lowest BCUT2D eigenvalue weighted by Gasteiger charge is -2.29. The van der Waals surface area contributed by atoms with Crippen molar-refractivity contribution >= 4 is 21.4 Å². The first-order valence-corrected chi connectivity index (χ1v) is 11.8. The lowest BCUT2D eigenvalue weighted by atomic mass is 10.3. The van der Waals surface area contributed by atoms with Gasteiger partial charge in [-0.1, -0.05) is 59.3 Å². The van der Waals surface area contributed by atoms with Crippen LogP contribution in [0.2, 0.25) is 6.04 Å². The van der Waals surface area contributed by atoms with Crippen molar-refractivity contribution in [3.05, 3.63) is 0 Å². The summed E-state index contributed by atoms with van der Waals surface area (Å²) in [5.74, 6) is 0.765. The quantitative estimate of drug-likeness (QED) is 0.214. The van der Waals surface area contributed by atoms with E-state index in [1.165, 1.54) is 38.5 Å². The molecule has 3 nitrogen and oxygen atoms in total. The smallest absolute Gasteiger partial charge is 0.373 e. The maximum Gasteiger partial charge on any atom is 0.501 e. The average molecular weight is 351 g/mol. The normalized spacial score (nSPS) is 12.0. The Labute approximate surface area is 145 Å². The molecule has 0 N–H and O–H groups in total. The maximum atomic E-state index is 6.18. The molecule has 0 fully saturated rings. The van der Waals surface area contributed by atoms with Crippen molar-refractivity contribution in [3.8, 4) is 0 Å². The fraction of sp³-hybridized carbons (Fsp3) is 1.00. The van der Waals surface area contributed by atoms with Crippen molar-refractivity contribution in [2.24, 2.45) is 0 Å². The second-order valence-electron chi connectivity index (χ2n) is 5.82. The molecular formula is C17H38O3SSi. The lowest BCUT2D eigenvalue weighted by Crippen LogP contribution is -2.47. The van der Waals surface area contributed by atoms with E-state index >= 15 is 0 Å². The van der Waals surface area contributed by atoms with E-state index in [0.29, 0.717) is 0 Å². The van der Waals surface area contributed by atoms with Gasteiger partial charge in [0.2, 0.25) is 0 Å². The maximum absolute atomic E-state index is 6.18. The van der Waals surface area contributed by atoms with Crippen LogP contribution < -0.4 is 0 Å². The van der Waals surface area contributed by atoms with Gasteiger partial charge in [0.15, 0.2) is 0 Å². The van der Waals surface area contributed by atoms with Crippen molar-refractivity contribution < 1.29 is 13.3 Å². The van der Waals surface area contributed by atoms with Gasteiger partial charge in [0.1, 0.15) is 0 Å². The zero-order valence-electron chi connectivity index (χ0n) is 15.1. The molecule has 0 bridgehead atoms. The first kappa shape index (κ1) is 22.4. The highest BCUT2D eigenvalue weighted by Crippen LogP contribution is 2.19. The highest BCUT2D eigenvalue weighted by molar-refractivity contribution is 7.80. The summed E-state index contributed by atoms with van der Waals surface area (Å²) in [5, 5.41) is 0. The van der Waals surface area contributed by atoms with Gasteiger partial charge in [0.25, 0.3) is 0 Å². The predicted octanol–water partition coefficient (Wildman–Crippen LogP) is 5.48. The van der Waals surface area contributed by atoms with Crippen LogP contribution in [-0.4, -0.2) is 34.4 Å². The van der Waals surface area contributed by atoms with Gasteiger partial charge in [-0.15, -0.1) is 0 Å². The molecule has 0 saturated carbocycles. The molecule has 0 atom stereocenters. The number of hydrogen-bond donors (Lipinski definition) is 1. The molecule has 134 valence electrons. The van der Waals surface area contributed by atoms with Gasteiger partial charge in [-0.2, -0.15) is 12.6 Å². The van der Waals surface area contributed by atoms with Crippen LogP contribution in [0.4, 0.5) is 0 Å². The first-order valence-electron chi connectivity index (χ1n) is 9.27. The molecule has 0 rings (SSSR count). The number of rotatable bonds is 17. The molecular weight excluding hydrogens is 312 g/mol. The van der Waals surface area contributed by atoms with Gasteiger partial charge in [-0.3, -0.25) is 0 Å². The molecule has 0 aromatic rings. The second-order valence-corrected chi connectivity index (χ2v) is 9.00. The Morgan fingerprint density at radius 1 is 0.636 bits per heavy atom. The molecule has 0 aliphatic rings. The largest absolute Gasteiger partial charge is 0.501 e. The molecule has 0 heterocycles. The third-order valence-electron chi connectivity index (χ3n) is 3.63. The summed E-state index contributed by atoms with van der Waals surface area (Å²) in [6.07, 6.45) is 10.5. The van der Waals surface area contributed by atoms with Gasteiger partial charge in [-0.25, -0.2) is 0 Å². The van der Waals surface area contributed by atoms with Crippen molar-refractivity contribution in [2.45, 2.75) is 84.6 Å². The van der Waals surface area contributed by atoms with E-state index in [1.54, 1.807) is 0 Å². The fourth-order valence-electron chi connectivity index (χ4n) is 2.22. The molecule has 0 aliphatic heterocycles. The Bertz CT molecular complexity index is 199. The SMILES string of the molecule is CCCCCO[Si](CCS)(OCCCCC)OCCCCC. The highest BCUT2D eigenvalue weighted by Gasteiger charge is 2.40. The van der Waals surface area contributed by atoms with Crippen LogP contribution in [0, 0.1) is 0 Å². The van der Waals surface area contributed by atoms with E-state index in [2.05, 4.69) is 33.4 Å². The van der Waals surface area contributed by atoms with Crippen LogP contribution in [0.1, 0.15) is 78.6 Å². The number of unbranched alkanes of at least 4 members (excludes halogenated alkanes) is 6. The Morgan fingerprint density at radius 2 is 1.00 bits per heavy atom. The first-order chi connectivity index (χ1) is 10.7. The summed E-state index contributed by atoms with van der Waals surface area (Å²) in [6, 6.07) is 0.820. The van der Waals surface area contributed by atoms with E-state index in [-0.39, 0.29) is 0 Å². The summed E-state index contributed by atoms with van der Waals surface area (Å²) < 4.78 is 18.5. The Balaban J connectivity index is 4.39. The zero-order valence-corrected chi connectivity index (χ0v) is 17.0. The summed E-state index contributed by atoms with van der Waals surface area (Å²) in [7, 11) is -2.52. The minimum Gasteiger partial charge on any atom is -0.373 e. The molecule has 22 heavy (non-hydrogen) atoms. The lowest BCUT2D eigenvalue weighted by molar-refractivity contribution is 0.0569. The number of thiol groups is 1. The van der Waals surface area contributed by atoms with Crippen LogP contribution in [0.3, 0.4) is 0 Å². The molecule has 0 amide bonds. The molecule has 0 aromatic heterocycles. The molecule has 0 aliphatic carbocycles. The highest BCUT2D eigenvalue weighted by atomic mass is 32.1. The molecule has 0 aromatic carbocycles. The Hall–Kier alpha value is 0.447. The van der Waals surface area contributed by atoms with Gasteiger partial charge in [-0.05, 0) is 25.0 Å². The van der Waals surface area contributed by atoms with Gasteiger partial charge in [0.05, 0.1) is 0 Å². The monoisotopic (exact) mass is 350 g/mol. The standard InChI is InChI=1S/C17H38O3SSi/c1-4-7-10-13-18-22(17-16-21,19-14-11-8-5-2)20-15-12-9-6-3/h21H,4-17H2,1-3H3. The molecule has 0 spiro atoms. The average Bonchev–Trinajstić information content (AvgIpc) is 2.53. The Morgan fingerprint density at radius 3 is 1.27 bits per heavy atom. The van der Waals surface area contributed by atoms with Crippen molar-refractivity contribution in [2.75, 3.05) is 25.6 Å². The minimum atomic E-state index is -2.52. The third-order valence-corrected chi connectivity index (χ3v) is 7.07. The summed E-state index contributed by atoms with van der Waals surface area (Å²) in [5.41, 5.74) is 0. The van der Waals surface area contributed by atoms with Gasteiger partial charge < -0.3 is 13.3 Å². The Kier molecular flexibility index (Phi) is 16.6. The van der Waals surface area contributed by atoms with Gasteiger partial charge >= 0.3 is 8.80 Å². The van der Waals surface area contributed by atoms with Crippen LogP contribution >= 0.6 is 12.6 Å². The van der Waals surface area contributed by atoms with Gasteiger partial charge in [0, 0.05) is 25.9 Å². The van der Waals surface area contributed by atoms with E-state index in [0.717, 1.165) is 50.9 Å².